The Morgan fingerprint density at radius 3 is 2.91 bits per heavy atom. The maximum absolute atomic E-state index is 6.03. The fourth-order valence-electron chi connectivity index (χ4n) is 2.25. The molecule has 1 saturated heterocycles. The van der Waals surface area contributed by atoms with Gasteiger partial charge in [0.1, 0.15) is 11.9 Å². The summed E-state index contributed by atoms with van der Waals surface area (Å²) < 4.78 is 16.5. The lowest BCUT2D eigenvalue weighted by atomic mass is 10.2. The van der Waals surface area contributed by atoms with E-state index in [1.165, 1.54) is 0 Å². The molecule has 0 radical (unpaired) electrons. The van der Waals surface area contributed by atoms with Crippen LogP contribution < -0.4 is 10.5 Å². The lowest BCUT2D eigenvalue weighted by molar-refractivity contribution is 0.0307. The molecule has 1 aromatic carbocycles. The fourth-order valence-corrected chi connectivity index (χ4v) is 2.72. The molecule has 0 bridgehead atoms. The predicted molar refractivity (Wildman–Crippen MR) is 81.0 cm³/mol. The molecule has 0 amide bonds. The smallest absolute Gasteiger partial charge is 0.255 e. The largest absolute Gasteiger partial charge is 0.484 e. The van der Waals surface area contributed by atoms with Crippen LogP contribution in [-0.4, -0.2) is 22.8 Å². The Hall–Kier alpha value is -1.34. The normalized spacial score (nSPS) is 21.2. The number of benzene rings is 1. The van der Waals surface area contributed by atoms with Crippen molar-refractivity contribution < 1.29 is 14.0 Å². The molecule has 0 unspecified atom stereocenters. The van der Waals surface area contributed by atoms with Gasteiger partial charge in [0.05, 0.1) is 11.1 Å². The third-order valence-electron chi connectivity index (χ3n) is 3.38. The number of rotatable bonds is 5. The Balaban J connectivity index is 1.60. The van der Waals surface area contributed by atoms with Crippen LogP contribution in [0.2, 0.25) is 10.0 Å². The van der Waals surface area contributed by atoms with Gasteiger partial charge >= 0.3 is 0 Å². The summed E-state index contributed by atoms with van der Waals surface area (Å²) in [6, 6.07) is 5.00. The van der Waals surface area contributed by atoms with Crippen LogP contribution in [0.5, 0.6) is 5.75 Å². The fraction of sp³-hybridized carbons (Fsp3) is 0.429. The molecule has 2 atom stereocenters. The van der Waals surface area contributed by atoms with Gasteiger partial charge in [-0.15, -0.1) is 0 Å². The van der Waals surface area contributed by atoms with Crippen molar-refractivity contribution >= 4 is 23.2 Å². The number of hydrogen-bond acceptors (Lipinski definition) is 6. The number of aromatic nitrogens is 2. The highest BCUT2D eigenvalue weighted by Gasteiger charge is 2.29. The van der Waals surface area contributed by atoms with Crippen molar-refractivity contribution in [2.75, 3.05) is 6.54 Å². The first-order valence-corrected chi connectivity index (χ1v) is 7.67. The molecule has 6 nitrogen and oxygen atoms in total. The van der Waals surface area contributed by atoms with Crippen LogP contribution in [0.15, 0.2) is 22.7 Å². The third-order valence-corrected chi connectivity index (χ3v) is 3.91. The second-order valence-electron chi connectivity index (χ2n) is 4.97. The van der Waals surface area contributed by atoms with Gasteiger partial charge in [-0.3, -0.25) is 0 Å². The summed E-state index contributed by atoms with van der Waals surface area (Å²) in [5, 5.41) is 4.86. The van der Waals surface area contributed by atoms with E-state index in [1.807, 2.05) is 0 Å². The van der Waals surface area contributed by atoms with Crippen LogP contribution in [0.1, 0.15) is 30.7 Å². The van der Waals surface area contributed by atoms with Crippen molar-refractivity contribution in [2.24, 2.45) is 5.73 Å². The van der Waals surface area contributed by atoms with Crippen molar-refractivity contribution in [3.63, 3.8) is 0 Å². The topological polar surface area (TPSA) is 83.4 Å². The molecular weight excluding hydrogens is 329 g/mol. The van der Waals surface area contributed by atoms with Gasteiger partial charge in [0.2, 0.25) is 5.82 Å². The predicted octanol–water partition coefficient (Wildman–Crippen LogP) is 3.13. The minimum absolute atomic E-state index is 0.0597. The lowest BCUT2D eigenvalue weighted by Crippen LogP contribution is -2.18. The van der Waals surface area contributed by atoms with Gasteiger partial charge in [-0.25, -0.2) is 0 Å². The third kappa shape index (κ3) is 3.52. The second-order valence-corrected chi connectivity index (χ2v) is 5.82. The molecule has 0 spiro atoms. The standard InChI is InChI=1S/C14H15Cl2N3O3/c15-8-1-3-11(10(16)5-8)20-7-13-18-14(22-19-13)12-4-2-9(6-17)21-12/h1,3,5,9,12H,2,4,6-7,17H2/t9-,12-/m1/s1. The zero-order valence-corrected chi connectivity index (χ0v) is 13.2. The van der Waals surface area contributed by atoms with E-state index in [0.29, 0.717) is 34.1 Å². The summed E-state index contributed by atoms with van der Waals surface area (Å²) in [6.45, 7) is 0.646. The Labute approximate surface area is 137 Å². The van der Waals surface area contributed by atoms with Crippen molar-refractivity contribution in [3.8, 4) is 5.75 Å². The number of hydrogen-bond donors (Lipinski definition) is 1. The molecule has 0 aliphatic carbocycles. The summed E-state index contributed by atoms with van der Waals surface area (Å²) in [5.74, 6) is 1.40. The highest BCUT2D eigenvalue weighted by atomic mass is 35.5. The van der Waals surface area contributed by atoms with E-state index in [9.17, 15) is 0 Å². The number of halogens is 2. The molecule has 1 aliphatic heterocycles. The molecule has 2 aromatic rings. The Kier molecular flexibility index (Phi) is 4.83. The van der Waals surface area contributed by atoms with Gasteiger partial charge in [-0.1, -0.05) is 28.4 Å². The van der Waals surface area contributed by atoms with Gasteiger partial charge in [0.25, 0.3) is 5.89 Å². The molecule has 22 heavy (non-hydrogen) atoms. The summed E-state index contributed by atoms with van der Waals surface area (Å²) in [5.41, 5.74) is 5.58. The van der Waals surface area contributed by atoms with Crippen molar-refractivity contribution in [1.29, 1.82) is 0 Å². The van der Waals surface area contributed by atoms with Gasteiger partial charge in [-0.05, 0) is 31.0 Å². The van der Waals surface area contributed by atoms with E-state index in [1.54, 1.807) is 18.2 Å². The van der Waals surface area contributed by atoms with Crippen LogP contribution in [0.3, 0.4) is 0 Å². The van der Waals surface area contributed by atoms with Crippen LogP contribution in [-0.2, 0) is 11.3 Å². The first-order valence-electron chi connectivity index (χ1n) is 6.91. The van der Waals surface area contributed by atoms with Crippen molar-refractivity contribution in [3.05, 3.63) is 40.0 Å². The summed E-state index contributed by atoms with van der Waals surface area (Å²) in [7, 11) is 0. The zero-order chi connectivity index (χ0) is 15.5. The lowest BCUT2D eigenvalue weighted by Gasteiger charge is -2.07. The van der Waals surface area contributed by atoms with Crippen LogP contribution in [0, 0.1) is 0 Å². The summed E-state index contributed by atoms with van der Waals surface area (Å²) >= 11 is 11.9. The first kappa shape index (κ1) is 15.6. The second kappa shape index (κ2) is 6.83. The van der Waals surface area contributed by atoms with E-state index in [-0.39, 0.29) is 18.8 Å². The van der Waals surface area contributed by atoms with Gasteiger partial charge < -0.3 is 19.7 Å². The molecule has 2 N–H and O–H groups in total. The first-order chi connectivity index (χ1) is 10.7. The van der Waals surface area contributed by atoms with E-state index >= 15 is 0 Å². The molecule has 118 valence electrons. The maximum Gasteiger partial charge on any atom is 0.255 e. The minimum Gasteiger partial charge on any atom is -0.484 e. The van der Waals surface area contributed by atoms with Crippen LogP contribution in [0.25, 0.3) is 0 Å². The van der Waals surface area contributed by atoms with Gasteiger partial charge in [-0.2, -0.15) is 4.98 Å². The highest BCUT2D eigenvalue weighted by molar-refractivity contribution is 6.35. The quantitative estimate of drug-likeness (QED) is 0.897. The molecule has 2 heterocycles. The maximum atomic E-state index is 6.03. The average Bonchev–Trinajstić information content (AvgIpc) is 3.15. The monoisotopic (exact) mass is 343 g/mol. The van der Waals surface area contributed by atoms with E-state index in [4.69, 9.17) is 42.9 Å². The summed E-state index contributed by atoms with van der Waals surface area (Å²) in [4.78, 5) is 4.29. The molecule has 1 aromatic heterocycles. The Morgan fingerprint density at radius 2 is 2.18 bits per heavy atom. The van der Waals surface area contributed by atoms with Crippen molar-refractivity contribution in [1.82, 2.24) is 10.1 Å². The molecule has 8 heteroatoms. The highest BCUT2D eigenvalue weighted by Crippen LogP contribution is 2.31. The number of ether oxygens (including phenoxy) is 2. The van der Waals surface area contributed by atoms with E-state index in [2.05, 4.69) is 10.1 Å². The molecule has 1 fully saturated rings. The number of nitrogens with zero attached hydrogens (tertiary/aromatic N) is 2. The number of nitrogens with two attached hydrogens (primary N) is 1. The SMILES string of the molecule is NC[C@H]1CC[C@H](c2nc(COc3ccc(Cl)cc3Cl)no2)O1. The summed E-state index contributed by atoms with van der Waals surface area (Å²) in [6.07, 6.45) is 1.60. The molecular formula is C14H15Cl2N3O3. The van der Waals surface area contributed by atoms with E-state index in [0.717, 1.165) is 12.8 Å². The Morgan fingerprint density at radius 1 is 1.32 bits per heavy atom. The zero-order valence-electron chi connectivity index (χ0n) is 11.7. The molecule has 0 saturated carbocycles. The molecule has 3 rings (SSSR count). The average molecular weight is 344 g/mol. The van der Waals surface area contributed by atoms with Gasteiger partial charge in [0, 0.05) is 11.6 Å². The van der Waals surface area contributed by atoms with Crippen molar-refractivity contribution in [2.45, 2.75) is 31.7 Å². The van der Waals surface area contributed by atoms with Crippen LogP contribution >= 0.6 is 23.2 Å². The van der Waals surface area contributed by atoms with Gasteiger partial charge in [0.15, 0.2) is 6.61 Å². The Bertz CT molecular complexity index is 650. The van der Waals surface area contributed by atoms with E-state index < -0.39 is 0 Å². The molecule has 1 aliphatic rings. The minimum atomic E-state index is -0.186. The van der Waals surface area contributed by atoms with Crippen LogP contribution in [0.4, 0.5) is 0 Å².